The van der Waals surface area contributed by atoms with Crippen LogP contribution in [-0.2, 0) is 14.3 Å². The van der Waals surface area contributed by atoms with E-state index in [0.29, 0.717) is 10.2 Å². The van der Waals surface area contributed by atoms with Crippen LogP contribution < -0.4 is 11.0 Å². The number of carbonyl (C=O) groups is 2. The van der Waals surface area contributed by atoms with Crippen molar-refractivity contribution in [1.82, 2.24) is 9.55 Å². The van der Waals surface area contributed by atoms with Gasteiger partial charge in [-0.2, -0.15) is 4.98 Å². The summed E-state index contributed by atoms with van der Waals surface area (Å²) in [5, 5.41) is 33.5. The van der Waals surface area contributed by atoms with Crippen molar-refractivity contribution in [3.63, 3.8) is 0 Å². The Morgan fingerprint density at radius 3 is 2.63 bits per heavy atom. The summed E-state index contributed by atoms with van der Waals surface area (Å²) in [5.41, 5.74) is -2.59. The van der Waals surface area contributed by atoms with Gasteiger partial charge in [0.1, 0.15) is 24.2 Å². The third-order valence-electron chi connectivity index (χ3n) is 4.95. The molecule has 160 valence electrons. The molecule has 0 bridgehead atoms. The predicted octanol–water partition coefficient (Wildman–Crippen LogP) is 1.01. The van der Waals surface area contributed by atoms with Gasteiger partial charge in [-0.05, 0) is 41.9 Å². The van der Waals surface area contributed by atoms with Gasteiger partial charge in [-0.3, -0.25) is 14.2 Å². The molecule has 0 aliphatic carbocycles. The first kappa shape index (κ1) is 22.1. The SMILES string of the molecule is CC(=O)C(O)[C@H]1O[C@@H](n2cc(Br)c(Nc3ccccc3O)nc2=O)C[C@@]1(O)C(C)=O. The zero-order valence-electron chi connectivity index (χ0n) is 16.1. The number of benzene rings is 1. The monoisotopic (exact) mass is 481 g/mol. The number of halogens is 1. The Morgan fingerprint density at radius 2 is 2.03 bits per heavy atom. The predicted molar refractivity (Wildman–Crippen MR) is 108 cm³/mol. The van der Waals surface area contributed by atoms with Gasteiger partial charge in [0.25, 0.3) is 0 Å². The molecule has 4 atom stereocenters. The number of anilines is 2. The summed E-state index contributed by atoms with van der Waals surface area (Å²) in [7, 11) is 0. The summed E-state index contributed by atoms with van der Waals surface area (Å²) in [4.78, 5) is 40.1. The first-order valence-electron chi connectivity index (χ1n) is 8.95. The molecule has 1 fully saturated rings. The van der Waals surface area contributed by atoms with E-state index in [1.165, 1.54) is 12.3 Å². The number of aliphatic hydroxyl groups is 2. The Labute approximate surface area is 179 Å². The molecular formula is C19H20BrN3O7. The van der Waals surface area contributed by atoms with Crippen LogP contribution >= 0.6 is 15.9 Å². The Hall–Kier alpha value is -2.60. The van der Waals surface area contributed by atoms with Crippen molar-refractivity contribution in [3.05, 3.63) is 45.4 Å². The quantitative estimate of drug-likeness (QED) is 0.443. The van der Waals surface area contributed by atoms with Crippen molar-refractivity contribution >= 4 is 39.0 Å². The van der Waals surface area contributed by atoms with Crippen LogP contribution in [0.1, 0.15) is 26.5 Å². The van der Waals surface area contributed by atoms with Gasteiger partial charge in [0.2, 0.25) is 0 Å². The maximum Gasteiger partial charge on any atom is 0.351 e. The standard InChI is InChI=1S/C19H20BrN3O7/c1-9(24)15(27)16-19(29,10(2)25)7-14(30-16)23-8-11(20)17(22-18(23)28)21-12-5-3-4-6-13(12)26/h3-6,8,14-16,26-27,29H,7H2,1-2H3,(H,21,22,28)/t14-,15?,16-,19-/m1/s1. The highest BCUT2D eigenvalue weighted by molar-refractivity contribution is 9.10. The third kappa shape index (κ3) is 4.01. The summed E-state index contributed by atoms with van der Waals surface area (Å²) in [6.45, 7) is 2.22. The van der Waals surface area contributed by atoms with E-state index in [2.05, 4.69) is 26.2 Å². The van der Waals surface area contributed by atoms with E-state index >= 15 is 0 Å². The Bertz CT molecular complexity index is 1060. The van der Waals surface area contributed by atoms with Crippen molar-refractivity contribution in [1.29, 1.82) is 0 Å². The maximum absolute atomic E-state index is 12.6. The molecule has 11 heteroatoms. The zero-order valence-corrected chi connectivity index (χ0v) is 17.7. The number of hydrogen-bond acceptors (Lipinski definition) is 9. The van der Waals surface area contributed by atoms with Crippen molar-refractivity contribution in [2.24, 2.45) is 0 Å². The van der Waals surface area contributed by atoms with Gasteiger partial charge in [-0.1, -0.05) is 12.1 Å². The first-order valence-corrected chi connectivity index (χ1v) is 9.75. The molecule has 0 saturated carbocycles. The summed E-state index contributed by atoms with van der Waals surface area (Å²) in [6, 6.07) is 6.38. The van der Waals surface area contributed by atoms with Crippen LogP contribution in [0.5, 0.6) is 5.75 Å². The van der Waals surface area contributed by atoms with Crippen LogP contribution in [0.3, 0.4) is 0 Å². The lowest BCUT2D eigenvalue weighted by atomic mass is 9.86. The van der Waals surface area contributed by atoms with Crippen LogP contribution in [0.15, 0.2) is 39.7 Å². The van der Waals surface area contributed by atoms with Crippen molar-refractivity contribution < 1.29 is 29.6 Å². The van der Waals surface area contributed by atoms with E-state index in [9.17, 15) is 29.7 Å². The van der Waals surface area contributed by atoms with E-state index in [1.807, 2.05) is 0 Å². The number of aliphatic hydroxyl groups excluding tert-OH is 1. The highest BCUT2D eigenvalue weighted by Gasteiger charge is 2.55. The summed E-state index contributed by atoms with van der Waals surface area (Å²) in [6.07, 6.45) is -3.42. The van der Waals surface area contributed by atoms with E-state index in [-0.39, 0.29) is 18.0 Å². The number of nitrogens with one attached hydrogen (secondary N) is 1. The fraction of sp³-hybridized carbons (Fsp3) is 0.368. The molecule has 2 heterocycles. The van der Waals surface area contributed by atoms with E-state index in [0.717, 1.165) is 18.4 Å². The number of para-hydroxylation sites is 2. The number of ketones is 2. The average Bonchev–Trinajstić information content (AvgIpc) is 3.04. The minimum atomic E-state index is -2.14. The lowest BCUT2D eigenvalue weighted by Gasteiger charge is -2.27. The Morgan fingerprint density at radius 1 is 1.37 bits per heavy atom. The van der Waals surface area contributed by atoms with E-state index in [1.54, 1.807) is 18.2 Å². The average molecular weight is 482 g/mol. The highest BCUT2D eigenvalue weighted by Crippen LogP contribution is 2.39. The number of rotatable bonds is 6. The molecule has 0 radical (unpaired) electrons. The van der Waals surface area contributed by atoms with Gasteiger partial charge in [0.05, 0.1) is 10.2 Å². The van der Waals surface area contributed by atoms with Crippen molar-refractivity contribution in [2.75, 3.05) is 5.32 Å². The number of carbonyl (C=O) groups excluding carboxylic acids is 2. The van der Waals surface area contributed by atoms with Gasteiger partial charge in [0.15, 0.2) is 23.0 Å². The van der Waals surface area contributed by atoms with Crippen molar-refractivity contribution in [3.8, 4) is 5.75 Å². The van der Waals surface area contributed by atoms with Crippen LogP contribution in [0, 0.1) is 0 Å². The second-order valence-corrected chi connectivity index (χ2v) is 7.88. The summed E-state index contributed by atoms with van der Waals surface area (Å²) in [5.74, 6) is -1.30. The third-order valence-corrected chi connectivity index (χ3v) is 5.53. The fourth-order valence-electron chi connectivity index (χ4n) is 3.22. The van der Waals surface area contributed by atoms with Gasteiger partial charge in [0, 0.05) is 12.6 Å². The number of hydrogen-bond donors (Lipinski definition) is 4. The second kappa shape index (κ2) is 8.26. The van der Waals surface area contributed by atoms with E-state index in [4.69, 9.17) is 4.74 Å². The lowest BCUT2D eigenvalue weighted by Crippen LogP contribution is -2.52. The smallest absolute Gasteiger partial charge is 0.351 e. The van der Waals surface area contributed by atoms with Gasteiger partial charge in [-0.15, -0.1) is 0 Å². The lowest BCUT2D eigenvalue weighted by molar-refractivity contribution is -0.158. The molecule has 1 aliphatic rings. The number of Topliss-reactive ketones (excluding diaryl/α,β-unsaturated/α-hetero) is 2. The molecule has 1 aromatic carbocycles. The van der Waals surface area contributed by atoms with Gasteiger partial charge >= 0.3 is 5.69 Å². The fourth-order valence-corrected chi connectivity index (χ4v) is 3.62. The number of aromatic nitrogens is 2. The molecule has 3 rings (SSSR count). The Balaban J connectivity index is 1.94. The molecule has 1 aliphatic heterocycles. The van der Waals surface area contributed by atoms with Crippen LogP contribution in [0.4, 0.5) is 11.5 Å². The minimum absolute atomic E-state index is 0.0397. The van der Waals surface area contributed by atoms with Gasteiger partial charge in [-0.25, -0.2) is 4.79 Å². The van der Waals surface area contributed by atoms with Crippen LogP contribution in [0.25, 0.3) is 0 Å². The molecule has 1 aromatic heterocycles. The Kier molecular flexibility index (Phi) is 6.09. The number of phenols is 1. The van der Waals surface area contributed by atoms with Crippen LogP contribution in [0.2, 0.25) is 0 Å². The normalized spacial score (nSPS) is 24.4. The topological polar surface area (TPSA) is 151 Å². The molecule has 1 saturated heterocycles. The summed E-state index contributed by atoms with van der Waals surface area (Å²) < 4.78 is 6.93. The molecule has 10 nitrogen and oxygen atoms in total. The second-order valence-electron chi connectivity index (χ2n) is 7.02. The molecule has 30 heavy (non-hydrogen) atoms. The van der Waals surface area contributed by atoms with Gasteiger partial charge < -0.3 is 25.4 Å². The highest BCUT2D eigenvalue weighted by atomic mass is 79.9. The number of nitrogens with zero attached hydrogens (tertiary/aromatic N) is 2. The molecule has 0 amide bonds. The number of phenolic OH excluding ortho intramolecular Hbond substituents is 1. The largest absolute Gasteiger partial charge is 0.506 e. The molecule has 2 aromatic rings. The van der Waals surface area contributed by atoms with E-state index < -0.39 is 41.3 Å². The molecule has 0 spiro atoms. The maximum atomic E-state index is 12.6. The molecule has 1 unspecified atom stereocenters. The summed E-state index contributed by atoms with van der Waals surface area (Å²) >= 11 is 3.28. The number of ether oxygens (including phenoxy) is 1. The van der Waals surface area contributed by atoms with Crippen molar-refractivity contribution in [2.45, 2.75) is 44.3 Å². The van der Waals surface area contributed by atoms with Crippen LogP contribution in [-0.4, -0.2) is 54.2 Å². The number of aromatic hydroxyl groups is 1. The molecular weight excluding hydrogens is 462 g/mol. The molecule has 4 N–H and O–H groups in total. The zero-order chi connectivity index (χ0) is 22.2. The first-order chi connectivity index (χ1) is 14.0. The minimum Gasteiger partial charge on any atom is -0.506 e.